The van der Waals surface area contributed by atoms with E-state index in [-0.39, 0.29) is 6.54 Å². The molecule has 88 valence electrons. The maximum absolute atomic E-state index is 10.6. The smallest absolute Gasteiger partial charge is 0.317 e. The number of nitrogens with zero attached hydrogens (tertiary/aromatic N) is 4. The molecule has 1 N–H and O–H groups in total. The van der Waals surface area contributed by atoms with Crippen LogP contribution in [0.15, 0.2) is 19.0 Å². The van der Waals surface area contributed by atoms with Gasteiger partial charge in [0.2, 0.25) is 0 Å². The van der Waals surface area contributed by atoms with Crippen LogP contribution in [0.1, 0.15) is 12.7 Å². The lowest BCUT2D eigenvalue weighted by Gasteiger charge is -2.17. The Balaban J connectivity index is 2.66. The molecule has 6 heteroatoms. The molecule has 1 heterocycles. The fourth-order valence-corrected chi connectivity index (χ4v) is 1.43. The Morgan fingerprint density at radius 2 is 2.50 bits per heavy atom. The first-order valence-corrected chi connectivity index (χ1v) is 5.09. The average molecular weight is 224 g/mol. The van der Waals surface area contributed by atoms with E-state index < -0.39 is 5.97 Å². The summed E-state index contributed by atoms with van der Waals surface area (Å²) in [7, 11) is 0. The van der Waals surface area contributed by atoms with Crippen molar-refractivity contribution in [2.24, 2.45) is 0 Å². The molecule has 0 aromatic carbocycles. The number of aliphatic carboxylic acids is 1. The first-order valence-electron chi connectivity index (χ1n) is 5.09. The zero-order chi connectivity index (χ0) is 12.0. The van der Waals surface area contributed by atoms with E-state index in [1.165, 1.54) is 6.33 Å². The van der Waals surface area contributed by atoms with Gasteiger partial charge in [-0.3, -0.25) is 9.69 Å². The molecular weight excluding hydrogens is 208 g/mol. The van der Waals surface area contributed by atoms with Crippen LogP contribution < -0.4 is 0 Å². The van der Waals surface area contributed by atoms with Crippen molar-refractivity contribution in [3.8, 4) is 0 Å². The van der Waals surface area contributed by atoms with Gasteiger partial charge in [0.25, 0.3) is 0 Å². The molecule has 0 aliphatic carbocycles. The van der Waals surface area contributed by atoms with Gasteiger partial charge < -0.3 is 5.11 Å². The van der Waals surface area contributed by atoms with Gasteiger partial charge >= 0.3 is 5.97 Å². The molecule has 0 saturated carbocycles. The lowest BCUT2D eigenvalue weighted by molar-refractivity contribution is -0.138. The van der Waals surface area contributed by atoms with Gasteiger partial charge in [0, 0.05) is 13.1 Å². The molecule has 0 unspecified atom stereocenters. The van der Waals surface area contributed by atoms with E-state index in [1.54, 1.807) is 15.7 Å². The van der Waals surface area contributed by atoms with Gasteiger partial charge in [0.15, 0.2) is 0 Å². The van der Waals surface area contributed by atoms with Crippen LogP contribution in [0.2, 0.25) is 0 Å². The van der Waals surface area contributed by atoms with Crippen LogP contribution in [0.4, 0.5) is 0 Å². The van der Waals surface area contributed by atoms with Crippen LogP contribution in [0.3, 0.4) is 0 Å². The highest BCUT2D eigenvalue weighted by Crippen LogP contribution is 2.01. The molecule has 6 nitrogen and oxygen atoms in total. The quantitative estimate of drug-likeness (QED) is 0.677. The maximum Gasteiger partial charge on any atom is 0.317 e. The normalized spacial score (nSPS) is 10.6. The molecule has 0 bridgehead atoms. The minimum atomic E-state index is -0.857. The maximum atomic E-state index is 10.6. The van der Waals surface area contributed by atoms with Gasteiger partial charge in [0.05, 0.1) is 13.1 Å². The SMILES string of the molecule is C=CCN(CC(=O)O)Cc1ncnn1CC. The number of carboxylic acid groups (broad SMARTS) is 1. The van der Waals surface area contributed by atoms with Crippen molar-refractivity contribution in [3.05, 3.63) is 24.8 Å². The van der Waals surface area contributed by atoms with Gasteiger partial charge in [-0.2, -0.15) is 5.10 Å². The standard InChI is InChI=1S/C10H16N4O2/c1-3-5-13(7-10(15)16)6-9-11-8-12-14(9)4-2/h3,8H,1,4-7H2,2H3,(H,15,16). The average Bonchev–Trinajstić information content (AvgIpc) is 2.64. The molecule has 1 rings (SSSR count). The molecule has 0 amide bonds. The van der Waals surface area contributed by atoms with Crippen molar-refractivity contribution in [1.29, 1.82) is 0 Å². The third kappa shape index (κ3) is 3.47. The monoisotopic (exact) mass is 224 g/mol. The van der Waals surface area contributed by atoms with E-state index in [4.69, 9.17) is 5.11 Å². The van der Waals surface area contributed by atoms with E-state index in [0.717, 1.165) is 12.4 Å². The Bertz CT molecular complexity index is 361. The summed E-state index contributed by atoms with van der Waals surface area (Å²) < 4.78 is 1.75. The van der Waals surface area contributed by atoms with Crippen LogP contribution in [0.25, 0.3) is 0 Å². The topological polar surface area (TPSA) is 71.2 Å². The second-order valence-electron chi connectivity index (χ2n) is 3.34. The summed E-state index contributed by atoms with van der Waals surface area (Å²) in [6.45, 7) is 7.25. The van der Waals surface area contributed by atoms with Gasteiger partial charge in [0.1, 0.15) is 12.2 Å². The predicted molar refractivity (Wildman–Crippen MR) is 58.8 cm³/mol. The second-order valence-corrected chi connectivity index (χ2v) is 3.34. The molecule has 0 radical (unpaired) electrons. The predicted octanol–water partition coefficient (Wildman–Crippen LogP) is 0.371. The van der Waals surface area contributed by atoms with Crippen molar-refractivity contribution in [2.45, 2.75) is 20.0 Å². The summed E-state index contributed by atoms with van der Waals surface area (Å²) >= 11 is 0. The summed E-state index contributed by atoms with van der Waals surface area (Å²) in [4.78, 5) is 16.5. The summed E-state index contributed by atoms with van der Waals surface area (Å²) in [5.41, 5.74) is 0. The minimum absolute atomic E-state index is 0.0252. The molecule has 0 spiro atoms. The molecule has 0 fully saturated rings. The van der Waals surface area contributed by atoms with Crippen LogP contribution in [0, 0.1) is 0 Å². The lowest BCUT2D eigenvalue weighted by atomic mass is 10.4. The highest BCUT2D eigenvalue weighted by Gasteiger charge is 2.12. The number of hydrogen-bond acceptors (Lipinski definition) is 4. The van der Waals surface area contributed by atoms with Crippen molar-refractivity contribution < 1.29 is 9.90 Å². The van der Waals surface area contributed by atoms with Crippen LogP contribution in [0.5, 0.6) is 0 Å². The van der Waals surface area contributed by atoms with Crippen LogP contribution in [-0.4, -0.2) is 43.8 Å². The number of aryl methyl sites for hydroxylation is 1. The molecule has 0 aliphatic rings. The highest BCUT2D eigenvalue weighted by atomic mass is 16.4. The summed E-state index contributed by atoms with van der Waals surface area (Å²) in [5.74, 6) is -0.0880. The number of rotatable bonds is 7. The second kappa shape index (κ2) is 6.02. The Morgan fingerprint density at radius 3 is 3.06 bits per heavy atom. The fraction of sp³-hybridized carbons (Fsp3) is 0.500. The molecule has 0 saturated heterocycles. The van der Waals surface area contributed by atoms with E-state index in [0.29, 0.717) is 13.1 Å². The van der Waals surface area contributed by atoms with Crippen LogP contribution in [-0.2, 0) is 17.9 Å². The highest BCUT2D eigenvalue weighted by molar-refractivity contribution is 5.69. The molecular formula is C10H16N4O2. The van der Waals surface area contributed by atoms with Gasteiger partial charge in [-0.15, -0.1) is 6.58 Å². The molecule has 16 heavy (non-hydrogen) atoms. The Morgan fingerprint density at radius 1 is 1.75 bits per heavy atom. The third-order valence-corrected chi connectivity index (χ3v) is 2.11. The minimum Gasteiger partial charge on any atom is -0.480 e. The number of carbonyl (C=O) groups is 1. The zero-order valence-electron chi connectivity index (χ0n) is 9.33. The Labute approximate surface area is 94.2 Å². The largest absolute Gasteiger partial charge is 0.480 e. The number of hydrogen-bond donors (Lipinski definition) is 1. The number of aromatic nitrogens is 3. The van der Waals surface area contributed by atoms with Crippen molar-refractivity contribution >= 4 is 5.97 Å². The molecule has 0 aliphatic heterocycles. The summed E-state index contributed by atoms with van der Waals surface area (Å²) in [6, 6.07) is 0. The van der Waals surface area contributed by atoms with E-state index >= 15 is 0 Å². The fourth-order valence-electron chi connectivity index (χ4n) is 1.43. The third-order valence-electron chi connectivity index (χ3n) is 2.11. The van der Waals surface area contributed by atoms with Crippen molar-refractivity contribution in [1.82, 2.24) is 19.7 Å². The van der Waals surface area contributed by atoms with E-state index in [1.807, 2.05) is 6.92 Å². The Kier molecular flexibility index (Phi) is 4.65. The zero-order valence-corrected chi connectivity index (χ0v) is 9.33. The van der Waals surface area contributed by atoms with Crippen LogP contribution >= 0.6 is 0 Å². The van der Waals surface area contributed by atoms with Crippen molar-refractivity contribution in [2.75, 3.05) is 13.1 Å². The van der Waals surface area contributed by atoms with Gasteiger partial charge in [-0.1, -0.05) is 6.08 Å². The van der Waals surface area contributed by atoms with E-state index in [9.17, 15) is 4.79 Å². The first-order chi connectivity index (χ1) is 7.67. The molecule has 1 aromatic heterocycles. The van der Waals surface area contributed by atoms with Crippen molar-refractivity contribution in [3.63, 3.8) is 0 Å². The first kappa shape index (κ1) is 12.4. The van der Waals surface area contributed by atoms with Gasteiger partial charge in [-0.25, -0.2) is 9.67 Å². The van der Waals surface area contributed by atoms with E-state index in [2.05, 4.69) is 16.7 Å². The molecule has 1 aromatic rings. The number of carboxylic acids is 1. The lowest BCUT2D eigenvalue weighted by Crippen LogP contribution is -2.30. The summed E-state index contributed by atoms with van der Waals surface area (Å²) in [5, 5.41) is 12.8. The van der Waals surface area contributed by atoms with Gasteiger partial charge in [-0.05, 0) is 6.92 Å². The summed E-state index contributed by atoms with van der Waals surface area (Å²) in [6.07, 6.45) is 3.15. The Hall–Kier alpha value is -1.69. The molecule has 0 atom stereocenters.